The number of hydrogen-bond acceptors (Lipinski definition) is 5. The summed E-state index contributed by atoms with van der Waals surface area (Å²) in [7, 11) is 3.05. The van der Waals surface area contributed by atoms with Gasteiger partial charge in [-0.1, -0.05) is 0 Å². The van der Waals surface area contributed by atoms with E-state index in [0.717, 1.165) is 37.7 Å². The first-order valence-corrected chi connectivity index (χ1v) is 8.80. The van der Waals surface area contributed by atoms with E-state index in [1.54, 1.807) is 13.4 Å². The van der Waals surface area contributed by atoms with Crippen molar-refractivity contribution in [3.05, 3.63) is 48.4 Å². The molecule has 1 aliphatic rings. The average Bonchev–Trinajstić information content (AvgIpc) is 3.23. The van der Waals surface area contributed by atoms with Gasteiger partial charge in [0.15, 0.2) is 11.8 Å². The lowest BCUT2D eigenvalue weighted by Crippen LogP contribution is -3.15. The average molecular weight is 360 g/mol. The van der Waals surface area contributed by atoms with Gasteiger partial charge in [0, 0.05) is 5.69 Å². The van der Waals surface area contributed by atoms with Crippen molar-refractivity contribution >= 4 is 11.8 Å². The first kappa shape index (κ1) is 18.1. The number of amides is 1. The fourth-order valence-electron chi connectivity index (χ4n) is 3.39. The van der Waals surface area contributed by atoms with Crippen molar-refractivity contribution in [3.63, 3.8) is 0 Å². The maximum absolute atomic E-state index is 11.5. The molecule has 0 aliphatic carbocycles. The monoisotopic (exact) mass is 360 g/mol. The van der Waals surface area contributed by atoms with Crippen molar-refractivity contribution < 1.29 is 23.6 Å². The Kier molecular flexibility index (Phi) is 6.01. The molecule has 0 saturated carbocycles. The van der Waals surface area contributed by atoms with Gasteiger partial charge in [-0.15, -0.1) is 0 Å². The zero-order valence-electron chi connectivity index (χ0n) is 15.2. The number of anilines is 1. The predicted molar refractivity (Wildman–Crippen MR) is 97.8 cm³/mol. The lowest BCUT2D eigenvalue weighted by molar-refractivity contribution is -0.932. The first-order valence-electron chi connectivity index (χ1n) is 8.80. The fourth-order valence-corrected chi connectivity index (χ4v) is 3.39. The Balaban J connectivity index is 1.62. The molecule has 0 unspecified atom stereocenters. The van der Waals surface area contributed by atoms with Gasteiger partial charge in [-0.25, -0.2) is 4.79 Å². The number of nitrogens with zero attached hydrogens (tertiary/aromatic N) is 1. The van der Waals surface area contributed by atoms with Gasteiger partial charge in [0.1, 0.15) is 5.75 Å². The molecule has 2 aromatic rings. The third-order valence-corrected chi connectivity index (χ3v) is 4.86. The van der Waals surface area contributed by atoms with Crippen LogP contribution in [0.1, 0.15) is 11.8 Å². The summed E-state index contributed by atoms with van der Waals surface area (Å²) in [6, 6.07) is 12.1. The van der Waals surface area contributed by atoms with E-state index in [0.29, 0.717) is 6.54 Å². The van der Waals surface area contributed by atoms with Gasteiger partial charge < -0.3 is 29.0 Å². The summed E-state index contributed by atoms with van der Waals surface area (Å²) < 4.78 is 15.5. The largest absolute Gasteiger partial charge is 0.497 e. The van der Waals surface area contributed by atoms with Crippen LogP contribution >= 0.6 is 0 Å². The predicted octanol–water partition coefficient (Wildman–Crippen LogP) is 1.09. The molecule has 0 spiro atoms. The molecule has 1 amide bonds. The molecule has 1 atom stereocenters. The fraction of sp³-hybridized carbons (Fsp3) is 0.421. The number of rotatable bonds is 6. The molecule has 1 aromatic heterocycles. The van der Waals surface area contributed by atoms with E-state index in [9.17, 15) is 4.79 Å². The number of nitrogens with one attached hydrogen (secondary N) is 2. The van der Waals surface area contributed by atoms with E-state index < -0.39 is 6.09 Å². The Hall–Kier alpha value is -2.67. The minimum atomic E-state index is -0.419. The lowest BCUT2D eigenvalue weighted by atomic mass is 10.1. The molecule has 1 fully saturated rings. The summed E-state index contributed by atoms with van der Waals surface area (Å²) in [4.78, 5) is 15.2. The highest BCUT2D eigenvalue weighted by molar-refractivity contribution is 5.66. The van der Waals surface area contributed by atoms with Crippen LogP contribution < -0.4 is 19.9 Å². The molecule has 2 N–H and O–H groups in total. The molecule has 140 valence electrons. The number of quaternary nitrogens is 1. The second-order valence-electron chi connectivity index (χ2n) is 6.28. The summed E-state index contributed by atoms with van der Waals surface area (Å²) in [6.07, 6.45) is 1.26. The van der Waals surface area contributed by atoms with Crippen LogP contribution in [0.3, 0.4) is 0 Å². The van der Waals surface area contributed by atoms with Gasteiger partial charge in [-0.3, -0.25) is 0 Å². The molecule has 1 aliphatic heterocycles. The smallest absolute Gasteiger partial charge is 0.407 e. The minimum absolute atomic E-state index is 0.0714. The molecule has 0 bridgehead atoms. The van der Waals surface area contributed by atoms with Crippen molar-refractivity contribution in [2.24, 2.45) is 0 Å². The molecular weight excluding hydrogens is 334 g/mol. The van der Waals surface area contributed by atoms with Crippen LogP contribution in [0.5, 0.6) is 5.75 Å². The van der Waals surface area contributed by atoms with Gasteiger partial charge >= 0.3 is 6.09 Å². The van der Waals surface area contributed by atoms with Gasteiger partial charge in [-0.05, 0) is 36.4 Å². The van der Waals surface area contributed by atoms with Crippen LogP contribution in [0.4, 0.5) is 10.5 Å². The highest BCUT2D eigenvalue weighted by Crippen LogP contribution is 2.19. The maximum Gasteiger partial charge on any atom is 0.407 e. The second kappa shape index (κ2) is 8.62. The van der Waals surface area contributed by atoms with Crippen LogP contribution in [0.25, 0.3) is 0 Å². The highest BCUT2D eigenvalue weighted by Gasteiger charge is 2.31. The van der Waals surface area contributed by atoms with E-state index in [4.69, 9.17) is 13.9 Å². The Morgan fingerprint density at radius 2 is 1.96 bits per heavy atom. The molecule has 2 heterocycles. The summed E-state index contributed by atoms with van der Waals surface area (Å²) in [5.74, 6) is 1.75. The van der Waals surface area contributed by atoms with E-state index in [1.807, 2.05) is 24.3 Å². The molecule has 26 heavy (non-hydrogen) atoms. The summed E-state index contributed by atoms with van der Waals surface area (Å²) in [5.41, 5.74) is 1.20. The van der Waals surface area contributed by atoms with Crippen molar-refractivity contribution in [1.82, 2.24) is 5.32 Å². The van der Waals surface area contributed by atoms with Gasteiger partial charge in [0.25, 0.3) is 0 Å². The standard InChI is InChI=1S/C19H25N3O4/c1-24-16-7-5-15(6-8-16)21-9-11-22(12-10-21)17(14-20-19(23)25-2)18-4-3-13-26-18/h3-8,13,17H,9-12,14H2,1-2H3,(H,20,23)/p+1/t17-/m1/s1. The number of hydrogen-bond donors (Lipinski definition) is 2. The van der Waals surface area contributed by atoms with E-state index in [-0.39, 0.29) is 6.04 Å². The SMILES string of the molecule is COC(=O)NC[C@H](c1ccco1)[NH+]1CCN(c2ccc(OC)cc2)CC1. The third kappa shape index (κ3) is 4.29. The van der Waals surface area contributed by atoms with Crippen LogP contribution in [0.2, 0.25) is 0 Å². The Morgan fingerprint density at radius 1 is 1.23 bits per heavy atom. The summed E-state index contributed by atoms with van der Waals surface area (Å²) in [5, 5.41) is 2.80. The van der Waals surface area contributed by atoms with Gasteiger partial charge in [-0.2, -0.15) is 0 Å². The van der Waals surface area contributed by atoms with Crippen molar-refractivity contribution in [2.75, 3.05) is 51.8 Å². The highest BCUT2D eigenvalue weighted by atomic mass is 16.5. The zero-order chi connectivity index (χ0) is 18.4. The van der Waals surface area contributed by atoms with Crippen LogP contribution in [0.15, 0.2) is 47.1 Å². The number of furan rings is 1. The normalized spacial score (nSPS) is 16.2. The molecule has 7 nitrogen and oxygen atoms in total. The molecule has 7 heteroatoms. The van der Waals surface area contributed by atoms with Gasteiger partial charge in [0.05, 0.1) is 53.2 Å². The Labute approximate surface area is 153 Å². The molecular formula is C19H26N3O4+. The van der Waals surface area contributed by atoms with E-state index in [1.165, 1.54) is 17.7 Å². The van der Waals surface area contributed by atoms with Gasteiger partial charge in [0.2, 0.25) is 0 Å². The van der Waals surface area contributed by atoms with Crippen LogP contribution in [-0.4, -0.2) is 53.0 Å². The van der Waals surface area contributed by atoms with Crippen LogP contribution in [-0.2, 0) is 4.74 Å². The van der Waals surface area contributed by atoms with Crippen molar-refractivity contribution in [2.45, 2.75) is 6.04 Å². The number of ether oxygens (including phenoxy) is 2. The number of alkyl carbamates (subject to hydrolysis) is 1. The second-order valence-corrected chi connectivity index (χ2v) is 6.28. The van der Waals surface area contributed by atoms with Crippen molar-refractivity contribution in [1.29, 1.82) is 0 Å². The number of methoxy groups -OCH3 is 2. The topological polar surface area (TPSA) is 68.4 Å². The Morgan fingerprint density at radius 3 is 2.54 bits per heavy atom. The third-order valence-electron chi connectivity index (χ3n) is 4.86. The summed E-state index contributed by atoms with van der Waals surface area (Å²) >= 11 is 0. The first-order chi connectivity index (χ1) is 12.7. The number of benzene rings is 1. The number of piperazine rings is 1. The van der Waals surface area contributed by atoms with Crippen LogP contribution in [0, 0.1) is 0 Å². The molecule has 0 radical (unpaired) electrons. The molecule has 1 saturated heterocycles. The zero-order valence-corrected chi connectivity index (χ0v) is 15.2. The summed E-state index contributed by atoms with van der Waals surface area (Å²) in [6.45, 7) is 4.28. The number of carbonyl (C=O) groups is 1. The Bertz CT molecular complexity index is 679. The molecule has 1 aromatic carbocycles. The van der Waals surface area contributed by atoms with E-state index in [2.05, 4.69) is 22.3 Å². The van der Waals surface area contributed by atoms with Crippen molar-refractivity contribution in [3.8, 4) is 5.75 Å². The number of carbonyl (C=O) groups excluding carboxylic acids is 1. The molecule has 3 rings (SSSR count). The quantitative estimate of drug-likeness (QED) is 0.807. The maximum atomic E-state index is 11.5. The minimum Gasteiger partial charge on any atom is -0.497 e. The lowest BCUT2D eigenvalue weighted by Gasteiger charge is -2.37. The van der Waals surface area contributed by atoms with E-state index >= 15 is 0 Å².